The van der Waals surface area contributed by atoms with E-state index in [0.717, 1.165) is 0 Å². The number of hydrogen-bond donors (Lipinski definition) is 0. The Morgan fingerprint density at radius 3 is 2.38 bits per heavy atom. The molecule has 0 bridgehead atoms. The summed E-state index contributed by atoms with van der Waals surface area (Å²) in [6, 6.07) is 0. The third-order valence-corrected chi connectivity index (χ3v) is 18.7. The molecule has 0 aliphatic heterocycles. The molecular weight excluding hydrogens is 341 g/mol. The van der Waals surface area contributed by atoms with Gasteiger partial charge in [-0.1, -0.05) is 0 Å². The van der Waals surface area contributed by atoms with Gasteiger partial charge in [0, 0.05) is 0 Å². The van der Waals surface area contributed by atoms with Gasteiger partial charge in [0.25, 0.3) is 0 Å². The molecule has 0 rings (SSSR count). The molecule has 0 aromatic carbocycles. The largest absolute Gasteiger partial charge is 0.412 e. The molecule has 51 valence electrons. The van der Waals surface area contributed by atoms with Gasteiger partial charge < -0.3 is 5.48 Å². The zero-order valence-corrected chi connectivity index (χ0v) is 13.1. The summed E-state index contributed by atoms with van der Waals surface area (Å²) in [5, 5.41) is 0. The van der Waals surface area contributed by atoms with Crippen molar-refractivity contribution >= 4 is 50.9 Å². The van der Waals surface area contributed by atoms with Gasteiger partial charge in [0.15, 0.2) is 0 Å². The first-order chi connectivity index (χ1) is 3.31. The molecule has 0 aromatic heterocycles. The van der Waals surface area contributed by atoms with E-state index in [9.17, 15) is 0 Å². The van der Waals surface area contributed by atoms with Crippen molar-refractivity contribution in [2.75, 3.05) is 0 Å². The first-order valence-electron chi connectivity index (χ1n) is 2.36. The topological polar surface area (TPSA) is 40.7 Å². The van der Waals surface area contributed by atoms with Crippen LogP contribution >= 0.6 is 8.92 Å². The van der Waals surface area contributed by atoms with E-state index >= 15 is 0 Å². The molecule has 0 aliphatic rings. The third-order valence-electron chi connectivity index (χ3n) is 0.696. The monoisotopic (exact) mass is 355 g/mol. The van der Waals surface area contributed by atoms with Gasteiger partial charge in [0.05, 0.1) is 0 Å². The van der Waals surface area contributed by atoms with Gasteiger partial charge in [-0.25, -0.2) is 0 Å². The minimum Gasteiger partial charge on any atom is -0.412 e. The standard InChI is InChI=1S/C3H7.ClH.H2O.O.2Sn.3H/c1-3-2;;;;;;;;/h1,3H2,2H3;1H;1H2;;;;;;/q;;;;;+1;;;/p-1. The Kier molecular flexibility index (Phi) is 13.7. The van der Waals surface area contributed by atoms with Crippen LogP contribution in [0.3, 0.4) is 0 Å². The number of hydrogen-bond acceptors (Lipinski definition) is 1. The predicted molar refractivity (Wildman–Crippen MR) is 41.3 cm³/mol. The zero-order valence-electron chi connectivity index (χ0n) is 4.98. The van der Waals surface area contributed by atoms with E-state index in [-0.39, 0.29) is 5.48 Å². The molecule has 0 heterocycles. The molecule has 2 N–H and O–H groups in total. The van der Waals surface area contributed by atoms with Crippen molar-refractivity contribution in [2.24, 2.45) is 0 Å². The molecule has 0 saturated heterocycles. The Morgan fingerprint density at radius 2 is 2.25 bits per heavy atom. The van der Waals surface area contributed by atoms with Crippen molar-refractivity contribution in [2.45, 2.75) is 17.8 Å². The van der Waals surface area contributed by atoms with Crippen molar-refractivity contribution < 1.29 is 6.89 Å². The van der Waals surface area contributed by atoms with Crippen LogP contribution in [0.5, 0.6) is 0 Å². The quantitative estimate of drug-likeness (QED) is 0.637. The van der Waals surface area contributed by atoms with E-state index < -0.39 is 19.0 Å². The van der Waals surface area contributed by atoms with Crippen molar-refractivity contribution in [3.63, 3.8) is 0 Å². The molecule has 5 heteroatoms. The minimum absolute atomic E-state index is 0. The Labute approximate surface area is 74.9 Å². The van der Waals surface area contributed by atoms with Crippen LogP contribution in [0.1, 0.15) is 13.3 Å². The summed E-state index contributed by atoms with van der Waals surface area (Å²) < 4.78 is 6.33. The second-order valence-electron chi connectivity index (χ2n) is 1.37. The summed E-state index contributed by atoms with van der Waals surface area (Å²) in [6.07, 6.45) is 1.21. The van der Waals surface area contributed by atoms with Gasteiger partial charge in [0.1, 0.15) is 0 Å². The van der Waals surface area contributed by atoms with Gasteiger partial charge in [0.2, 0.25) is 0 Å². The van der Waals surface area contributed by atoms with Crippen molar-refractivity contribution in [1.82, 2.24) is 0 Å². The second kappa shape index (κ2) is 8.81. The minimum atomic E-state index is -1.71. The smallest absolute Gasteiger partial charge is 0.412 e. The molecule has 1 atom stereocenters. The zero-order chi connectivity index (χ0) is 5.70. The van der Waals surface area contributed by atoms with Crippen molar-refractivity contribution in [1.29, 1.82) is 0 Å². The van der Waals surface area contributed by atoms with Crippen LogP contribution < -0.4 is 0 Å². The van der Waals surface area contributed by atoms with Crippen molar-refractivity contribution in [3.05, 3.63) is 0 Å². The van der Waals surface area contributed by atoms with E-state index in [2.05, 4.69) is 6.92 Å². The average molecular weight is 353 g/mol. The summed E-state index contributed by atoms with van der Waals surface area (Å²) in [6.45, 7) is 2.15. The first-order valence-corrected chi connectivity index (χ1v) is 11.9. The summed E-state index contributed by atoms with van der Waals surface area (Å²) in [7, 11) is 5.80. The molecule has 8 heavy (non-hydrogen) atoms. The molecule has 0 aliphatic carbocycles. The van der Waals surface area contributed by atoms with Crippen LogP contribution in [0.4, 0.5) is 0 Å². The Morgan fingerprint density at radius 1 is 1.75 bits per heavy atom. The predicted octanol–water partition coefficient (Wildman–Crippen LogP) is -0.404. The first kappa shape index (κ1) is 12.5. The van der Waals surface area contributed by atoms with Crippen LogP contribution in [0.2, 0.25) is 4.44 Å². The van der Waals surface area contributed by atoms with E-state index in [1.54, 1.807) is 0 Å². The maximum absolute atomic E-state index is 5.80. The van der Waals surface area contributed by atoms with E-state index in [0.29, 0.717) is 22.9 Å². The van der Waals surface area contributed by atoms with Crippen molar-refractivity contribution in [3.8, 4) is 0 Å². The summed E-state index contributed by atoms with van der Waals surface area (Å²) in [5.41, 5.74) is 0. The van der Waals surface area contributed by atoms with Crippen LogP contribution in [0.25, 0.3) is 0 Å². The van der Waals surface area contributed by atoms with Crippen LogP contribution in [0, 0.1) is 0 Å². The summed E-state index contributed by atoms with van der Waals surface area (Å²) in [4.78, 5) is 0. The van der Waals surface area contributed by atoms with Crippen LogP contribution in [0.15, 0.2) is 0 Å². The molecule has 0 amide bonds. The fourth-order valence-electron chi connectivity index (χ4n) is 0.310. The van der Waals surface area contributed by atoms with Gasteiger partial charge in [-0.15, -0.1) is 0 Å². The molecule has 0 saturated carbocycles. The SMILES string of the molecule is CC[CH2][SnH]([Cl])[O][SnH2].O. The van der Waals surface area contributed by atoms with Gasteiger partial charge >= 0.3 is 70.1 Å². The molecule has 2 nitrogen and oxygen atoms in total. The molecule has 0 aromatic rings. The van der Waals surface area contributed by atoms with E-state index in [1.165, 1.54) is 10.9 Å². The summed E-state index contributed by atoms with van der Waals surface area (Å²) >= 11 is -1.06. The van der Waals surface area contributed by atoms with Crippen LogP contribution in [-0.2, 0) is 1.41 Å². The van der Waals surface area contributed by atoms with Gasteiger partial charge in [-0.2, -0.15) is 0 Å². The maximum atomic E-state index is 5.80. The van der Waals surface area contributed by atoms with Crippen LogP contribution in [-0.4, -0.2) is 47.5 Å². The molecule has 1 unspecified atom stereocenters. The Balaban J connectivity index is 0. The average Bonchev–Trinajstić information content (AvgIpc) is 1.68. The molecule has 1 radical (unpaired) electrons. The normalized spacial score (nSPS) is 12.4. The summed E-state index contributed by atoms with van der Waals surface area (Å²) in [5.74, 6) is 0. The van der Waals surface area contributed by atoms with E-state index in [1.807, 2.05) is 0 Å². The third kappa shape index (κ3) is 7.81. The molecular formula is C3H12ClO2Sn2. The Hall–Kier alpha value is 1.81. The van der Waals surface area contributed by atoms with E-state index in [4.69, 9.17) is 10.3 Å². The number of rotatable bonds is 3. The number of halogens is 1. The molecule has 0 spiro atoms. The molecule has 0 fully saturated rings. The maximum Gasteiger partial charge on any atom is -0.412 e. The van der Waals surface area contributed by atoms with Gasteiger partial charge in [-0.3, -0.25) is 0 Å². The van der Waals surface area contributed by atoms with Gasteiger partial charge in [-0.05, 0) is 0 Å². The fourth-order valence-corrected chi connectivity index (χ4v) is 6.74. The Bertz CT molecular complexity index is 46.3. The second-order valence-corrected chi connectivity index (χ2v) is 16.0. The fraction of sp³-hybridized carbons (Fsp3) is 1.00.